The van der Waals surface area contributed by atoms with E-state index >= 15 is 0 Å². The molecule has 0 amide bonds. The van der Waals surface area contributed by atoms with Crippen LogP contribution < -0.4 is 10.6 Å². The Bertz CT molecular complexity index is 348. The number of hydrogen-bond acceptors (Lipinski definition) is 4. The van der Waals surface area contributed by atoms with Gasteiger partial charge in [-0.15, -0.1) is 0 Å². The highest BCUT2D eigenvalue weighted by Gasteiger charge is 2.20. The second-order valence-corrected chi connectivity index (χ2v) is 3.74. The number of nitrogens with zero attached hydrogens (tertiary/aromatic N) is 3. The summed E-state index contributed by atoms with van der Waals surface area (Å²) in [5.74, 6) is 1.97. The Morgan fingerprint density at radius 3 is 2.93 bits per heavy atom. The summed E-state index contributed by atoms with van der Waals surface area (Å²) in [5.41, 5.74) is 7.91. The van der Waals surface area contributed by atoms with Gasteiger partial charge in [0.25, 0.3) is 0 Å². The van der Waals surface area contributed by atoms with Gasteiger partial charge in [0, 0.05) is 31.3 Å². The van der Waals surface area contributed by atoms with E-state index in [1.165, 1.54) is 5.56 Å². The summed E-state index contributed by atoms with van der Waals surface area (Å²) in [6.07, 6.45) is 1.84. The number of fused-ring (bicyclic) bond motifs is 1. The SMILES string of the molecule is Cc1nc(CCN)nc2c1CCN2C. The summed E-state index contributed by atoms with van der Waals surface area (Å²) in [7, 11) is 2.07. The van der Waals surface area contributed by atoms with Crippen LogP contribution in [0.5, 0.6) is 0 Å². The smallest absolute Gasteiger partial charge is 0.135 e. The number of rotatable bonds is 2. The van der Waals surface area contributed by atoms with Crippen LogP contribution in [0.25, 0.3) is 0 Å². The molecule has 0 aliphatic carbocycles. The second kappa shape index (κ2) is 3.53. The zero-order chi connectivity index (χ0) is 10.1. The van der Waals surface area contributed by atoms with E-state index in [4.69, 9.17) is 5.73 Å². The average Bonchev–Trinajstić information content (AvgIpc) is 2.49. The molecule has 0 aromatic carbocycles. The van der Waals surface area contributed by atoms with Gasteiger partial charge in [-0.05, 0) is 19.9 Å². The summed E-state index contributed by atoms with van der Waals surface area (Å²) in [5, 5.41) is 0. The molecular formula is C10H16N4. The fourth-order valence-corrected chi connectivity index (χ4v) is 1.87. The van der Waals surface area contributed by atoms with Gasteiger partial charge >= 0.3 is 0 Å². The highest BCUT2D eigenvalue weighted by molar-refractivity contribution is 5.53. The van der Waals surface area contributed by atoms with Gasteiger partial charge in [-0.2, -0.15) is 0 Å². The van der Waals surface area contributed by atoms with Crippen molar-refractivity contribution in [2.45, 2.75) is 19.8 Å². The summed E-state index contributed by atoms with van der Waals surface area (Å²) in [6.45, 7) is 3.72. The van der Waals surface area contributed by atoms with Crippen molar-refractivity contribution < 1.29 is 0 Å². The van der Waals surface area contributed by atoms with Crippen molar-refractivity contribution >= 4 is 5.82 Å². The maximum absolute atomic E-state index is 5.50. The van der Waals surface area contributed by atoms with Crippen molar-refractivity contribution in [2.75, 3.05) is 25.0 Å². The minimum Gasteiger partial charge on any atom is -0.359 e. The second-order valence-electron chi connectivity index (χ2n) is 3.74. The maximum Gasteiger partial charge on any atom is 0.135 e. The van der Waals surface area contributed by atoms with Gasteiger partial charge in [-0.3, -0.25) is 0 Å². The number of anilines is 1. The van der Waals surface area contributed by atoms with Crippen molar-refractivity contribution in [3.8, 4) is 0 Å². The van der Waals surface area contributed by atoms with Crippen LogP contribution in [-0.4, -0.2) is 30.1 Å². The number of hydrogen-bond donors (Lipinski definition) is 1. The van der Waals surface area contributed by atoms with E-state index in [0.717, 1.165) is 36.7 Å². The first kappa shape index (κ1) is 9.40. The first-order valence-corrected chi connectivity index (χ1v) is 5.00. The minimum atomic E-state index is 0.613. The van der Waals surface area contributed by atoms with Crippen molar-refractivity contribution in [1.82, 2.24) is 9.97 Å². The lowest BCUT2D eigenvalue weighted by Gasteiger charge is -2.12. The molecule has 1 aliphatic rings. The number of aryl methyl sites for hydroxylation is 1. The molecule has 14 heavy (non-hydrogen) atoms. The summed E-state index contributed by atoms with van der Waals surface area (Å²) < 4.78 is 0. The standard InChI is InChI=1S/C10H16N4/c1-7-8-4-6-14(2)10(8)13-9(12-7)3-5-11/h3-6,11H2,1-2H3. The zero-order valence-electron chi connectivity index (χ0n) is 8.75. The molecule has 2 N–H and O–H groups in total. The van der Waals surface area contributed by atoms with Crippen molar-refractivity contribution in [3.05, 3.63) is 17.1 Å². The molecule has 0 saturated carbocycles. The van der Waals surface area contributed by atoms with Gasteiger partial charge < -0.3 is 10.6 Å². The fourth-order valence-electron chi connectivity index (χ4n) is 1.87. The van der Waals surface area contributed by atoms with Gasteiger partial charge in [-0.1, -0.05) is 0 Å². The van der Waals surface area contributed by atoms with Gasteiger partial charge in [0.1, 0.15) is 11.6 Å². The predicted octanol–water partition coefficient (Wildman–Crippen LogP) is 0.279. The summed E-state index contributed by atoms with van der Waals surface area (Å²) in [6, 6.07) is 0. The third-order valence-electron chi connectivity index (χ3n) is 2.67. The molecule has 2 heterocycles. The topological polar surface area (TPSA) is 55.0 Å². The van der Waals surface area contributed by atoms with E-state index in [1.807, 2.05) is 0 Å². The molecule has 0 atom stereocenters. The van der Waals surface area contributed by atoms with Crippen LogP contribution in [0.3, 0.4) is 0 Å². The van der Waals surface area contributed by atoms with Crippen LogP contribution in [0, 0.1) is 6.92 Å². The van der Waals surface area contributed by atoms with E-state index < -0.39 is 0 Å². The lowest BCUT2D eigenvalue weighted by Crippen LogP contribution is -2.15. The summed E-state index contributed by atoms with van der Waals surface area (Å²) >= 11 is 0. The first-order valence-electron chi connectivity index (χ1n) is 5.00. The van der Waals surface area contributed by atoms with E-state index in [2.05, 4.69) is 28.8 Å². The molecule has 1 aliphatic heterocycles. The Kier molecular flexibility index (Phi) is 2.37. The van der Waals surface area contributed by atoms with Crippen molar-refractivity contribution in [2.24, 2.45) is 5.73 Å². The largest absolute Gasteiger partial charge is 0.359 e. The summed E-state index contributed by atoms with van der Waals surface area (Å²) in [4.78, 5) is 11.2. The number of likely N-dealkylation sites (N-methyl/N-ethyl adjacent to an activating group) is 1. The van der Waals surface area contributed by atoms with E-state index in [1.54, 1.807) is 0 Å². The van der Waals surface area contributed by atoms with Crippen LogP contribution in [0.4, 0.5) is 5.82 Å². The minimum absolute atomic E-state index is 0.613. The monoisotopic (exact) mass is 192 g/mol. The quantitative estimate of drug-likeness (QED) is 0.731. The highest BCUT2D eigenvalue weighted by Crippen LogP contribution is 2.26. The fraction of sp³-hybridized carbons (Fsp3) is 0.600. The normalized spacial score (nSPS) is 14.6. The molecular weight excluding hydrogens is 176 g/mol. The molecule has 0 saturated heterocycles. The molecule has 1 aromatic heterocycles. The molecule has 0 bridgehead atoms. The molecule has 0 fully saturated rings. The molecule has 0 spiro atoms. The zero-order valence-corrected chi connectivity index (χ0v) is 8.75. The van der Waals surface area contributed by atoms with Crippen LogP contribution in [0.1, 0.15) is 17.1 Å². The van der Waals surface area contributed by atoms with Gasteiger partial charge in [0.2, 0.25) is 0 Å². The highest BCUT2D eigenvalue weighted by atomic mass is 15.2. The lowest BCUT2D eigenvalue weighted by molar-refractivity contribution is 0.848. The first-order chi connectivity index (χ1) is 6.72. The average molecular weight is 192 g/mol. The van der Waals surface area contributed by atoms with Crippen LogP contribution in [-0.2, 0) is 12.8 Å². The third kappa shape index (κ3) is 1.46. The van der Waals surface area contributed by atoms with Crippen LogP contribution in [0.15, 0.2) is 0 Å². The van der Waals surface area contributed by atoms with E-state index in [-0.39, 0.29) is 0 Å². The molecule has 4 heteroatoms. The Labute approximate surface area is 84.2 Å². The van der Waals surface area contributed by atoms with Gasteiger partial charge in [-0.25, -0.2) is 9.97 Å². The number of nitrogens with two attached hydrogens (primary N) is 1. The Morgan fingerprint density at radius 1 is 1.43 bits per heavy atom. The Balaban J connectivity index is 2.42. The molecule has 1 aromatic rings. The van der Waals surface area contributed by atoms with Gasteiger partial charge in [0.15, 0.2) is 0 Å². The molecule has 4 nitrogen and oxygen atoms in total. The van der Waals surface area contributed by atoms with Crippen LogP contribution in [0.2, 0.25) is 0 Å². The van der Waals surface area contributed by atoms with E-state index in [9.17, 15) is 0 Å². The van der Waals surface area contributed by atoms with Crippen molar-refractivity contribution in [1.29, 1.82) is 0 Å². The maximum atomic E-state index is 5.50. The molecule has 0 unspecified atom stereocenters. The Hall–Kier alpha value is -1.16. The predicted molar refractivity (Wildman–Crippen MR) is 56.5 cm³/mol. The van der Waals surface area contributed by atoms with Gasteiger partial charge in [0.05, 0.1) is 0 Å². The number of aromatic nitrogens is 2. The third-order valence-corrected chi connectivity index (χ3v) is 2.67. The van der Waals surface area contributed by atoms with Crippen molar-refractivity contribution in [3.63, 3.8) is 0 Å². The Morgan fingerprint density at radius 2 is 2.21 bits per heavy atom. The molecule has 0 radical (unpaired) electrons. The molecule has 2 rings (SSSR count). The molecule has 76 valence electrons. The van der Waals surface area contributed by atoms with E-state index in [0.29, 0.717) is 6.54 Å². The van der Waals surface area contributed by atoms with Crippen LogP contribution >= 0.6 is 0 Å². The lowest BCUT2D eigenvalue weighted by atomic mass is 10.2.